The van der Waals surface area contributed by atoms with Crippen LogP contribution in [0.2, 0.25) is 0 Å². The van der Waals surface area contributed by atoms with E-state index < -0.39 is 0 Å². The van der Waals surface area contributed by atoms with Crippen molar-refractivity contribution in [3.8, 4) is 10.6 Å². The molecule has 1 aliphatic heterocycles. The zero-order chi connectivity index (χ0) is 16.4. The molecule has 0 N–H and O–H groups in total. The van der Waals surface area contributed by atoms with Gasteiger partial charge in [0.2, 0.25) is 5.91 Å². The van der Waals surface area contributed by atoms with E-state index in [2.05, 4.69) is 11.9 Å². The average molecular weight is 332 g/mol. The minimum atomic E-state index is -0.274. The Morgan fingerprint density at radius 2 is 2.22 bits per heavy atom. The van der Waals surface area contributed by atoms with Crippen LogP contribution in [0.1, 0.15) is 30.3 Å². The summed E-state index contributed by atoms with van der Waals surface area (Å²) < 4.78 is 13.9. The number of thiazole rings is 1. The number of halogens is 1. The van der Waals surface area contributed by atoms with Crippen LogP contribution in [0.3, 0.4) is 0 Å². The summed E-state index contributed by atoms with van der Waals surface area (Å²) in [6.45, 7) is 5.77. The molecule has 1 amide bonds. The Bertz CT molecular complexity index is 713. The Morgan fingerprint density at radius 1 is 1.43 bits per heavy atom. The predicted octanol–water partition coefficient (Wildman–Crippen LogP) is 4.06. The van der Waals surface area contributed by atoms with E-state index >= 15 is 0 Å². The molecule has 1 aromatic heterocycles. The van der Waals surface area contributed by atoms with E-state index in [9.17, 15) is 9.18 Å². The lowest BCUT2D eigenvalue weighted by molar-refractivity contribution is -0.132. The molecule has 1 fully saturated rings. The lowest BCUT2D eigenvalue weighted by Crippen LogP contribution is -2.39. The summed E-state index contributed by atoms with van der Waals surface area (Å²) in [6.07, 6.45) is 2.64. The van der Waals surface area contributed by atoms with Crippen LogP contribution in [0.5, 0.6) is 0 Å². The summed E-state index contributed by atoms with van der Waals surface area (Å²) in [5.74, 6) is 0.455. The third-order valence-corrected chi connectivity index (χ3v) is 5.51. The summed E-state index contributed by atoms with van der Waals surface area (Å²) in [6, 6.07) is 6.63. The standard InChI is InChI=1S/C18H21FN2OS/c1-12-6-5-9-21(11-12)17(22)10-16-13(2)20-18(23-16)14-7-3-4-8-15(14)19/h3-4,7-8,12H,5-6,9-11H2,1-2H3. The van der Waals surface area contributed by atoms with Gasteiger partial charge in [0.1, 0.15) is 10.8 Å². The van der Waals surface area contributed by atoms with E-state index in [0.29, 0.717) is 22.9 Å². The van der Waals surface area contributed by atoms with Gasteiger partial charge in [0.25, 0.3) is 0 Å². The van der Waals surface area contributed by atoms with Gasteiger partial charge in [-0.15, -0.1) is 11.3 Å². The van der Waals surface area contributed by atoms with E-state index in [-0.39, 0.29) is 11.7 Å². The highest BCUT2D eigenvalue weighted by Crippen LogP contribution is 2.30. The molecule has 1 aromatic carbocycles. The first-order valence-electron chi connectivity index (χ1n) is 8.03. The molecule has 1 unspecified atom stereocenters. The SMILES string of the molecule is Cc1nc(-c2ccccc2F)sc1CC(=O)N1CCCC(C)C1. The smallest absolute Gasteiger partial charge is 0.227 e. The number of likely N-dealkylation sites (tertiary alicyclic amines) is 1. The zero-order valence-corrected chi connectivity index (χ0v) is 14.3. The number of nitrogens with zero attached hydrogens (tertiary/aromatic N) is 2. The highest BCUT2D eigenvalue weighted by molar-refractivity contribution is 7.15. The quantitative estimate of drug-likeness (QED) is 0.849. The summed E-state index contributed by atoms with van der Waals surface area (Å²) in [4.78, 5) is 19.9. The molecule has 122 valence electrons. The Kier molecular flexibility index (Phi) is 4.76. The molecular weight excluding hydrogens is 311 g/mol. The van der Waals surface area contributed by atoms with Crippen LogP contribution in [0.25, 0.3) is 10.6 Å². The molecule has 3 rings (SSSR count). The van der Waals surface area contributed by atoms with Gasteiger partial charge in [0, 0.05) is 23.5 Å². The molecule has 0 radical (unpaired) electrons. The number of aromatic nitrogens is 1. The molecule has 0 spiro atoms. The van der Waals surface area contributed by atoms with Gasteiger partial charge in [-0.1, -0.05) is 19.1 Å². The summed E-state index contributed by atoms with van der Waals surface area (Å²) in [5.41, 5.74) is 1.33. The van der Waals surface area contributed by atoms with Crippen molar-refractivity contribution < 1.29 is 9.18 Å². The second kappa shape index (κ2) is 6.79. The van der Waals surface area contributed by atoms with Crippen molar-refractivity contribution in [2.45, 2.75) is 33.1 Å². The number of amides is 1. The molecule has 5 heteroatoms. The van der Waals surface area contributed by atoms with E-state index in [4.69, 9.17) is 0 Å². The maximum absolute atomic E-state index is 13.9. The summed E-state index contributed by atoms with van der Waals surface area (Å²) in [7, 11) is 0. The number of benzene rings is 1. The number of hydrogen-bond acceptors (Lipinski definition) is 3. The highest BCUT2D eigenvalue weighted by Gasteiger charge is 2.23. The number of piperidine rings is 1. The number of rotatable bonds is 3. The third-order valence-electron chi connectivity index (χ3n) is 4.32. The Hall–Kier alpha value is -1.75. The van der Waals surface area contributed by atoms with Gasteiger partial charge in [0.15, 0.2) is 0 Å². The average Bonchev–Trinajstić information content (AvgIpc) is 2.88. The number of carbonyl (C=O) groups excluding carboxylic acids is 1. The molecule has 3 nitrogen and oxygen atoms in total. The first-order chi connectivity index (χ1) is 11.0. The Balaban J connectivity index is 1.76. The Labute approximate surface area is 140 Å². The van der Waals surface area contributed by atoms with E-state index in [0.717, 1.165) is 30.1 Å². The van der Waals surface area contributed by atoms with Gasteiger partial charge < -0.3 is 4.90 Å². The first kappa shape index (κ1) is 16.1. The zero-order valence-electron chi connectivity index (χ0n) is 13.5. The van der Waals surface area contributed by atoms with Crippen molar-refractivity contribution in [3.63, 3.8) is 0 Å². The van der Waals surface area contributed by atoms with Gasteiger partial charge in [-0.3, -0.25) is 4.79 Å². The van der Waals surface area contributed by atoms with Gasteiger partial charge in [0.05, 0.1) is 12.1 Å². The van der Waals surface area contributed by atoms with E-state index in [1.807, 2.05) is 11.8 Å². The van der Waals surface area contributed by atoms with Gasteiger partial charge >= 0.3 is 0 Å². The lowest BCUT2D eigenvalue weighted by Gasteiger charge is -2.30. The van der Waals surface area contributed by atoms with Gasteiger partial charge in [-0.2, -0.15) is 0 Å². The predicted molar refractivity (Wildman–Crippen MR) is 90.9 cm³/mol. The second-order valence-electron chi connectivity index (χ2n) is 6.27. The van der Waals surface area contributed by atoms with Crippen LogP contribution in [-0.4, -0.2) is 28.9 Å². The van der Waals surface area contributed by atoms with E-state index in [1.54, 1.807) is 18.2 Å². The van der Waals surface area contributed by atoms with Crippen molar-refractivity contribution in [1.29, 1.82) is 0 Å². The van der Waals surface area contributed by atoms with Crippen molar-refractivity contribution in [1.82, 2.24) is 9.88 Å². The van der Waals surface area contributed by atoms with Crippen LogP contribution < -0.4 is 0 Å². The number of hydrogen-bond donors (Lipinski definition) is 0. The summed E-state index contributed by atoms with van der Waals surface area (Å²) in [5, 5.41) is 0.649. The van der Waals surface area contributed by atoms with E-state index in [1.165, 1.54) is 23.8 Å². The molecule has 23 heavy (non-hydrogen) atoms. The fourth-order valence-electron chi connectivity index (χ4n) is 3.01. The first-order valence-corrected chi connectivity index (χ1v) is 8.85. The van der Waals surface area contributed by atoms with Crippen LogP contribution in [-0.2, 0) is 11.2 Å². The fourth-order valence-corrected chi connectivity index (χ4v) is 4.09. The fraction of sp³-hybridized carbons (Fsp3) is 0.444. The van der Waals surface area contributed by atoms with Crippen LogP contribution >= 0.6 is 11.3 Å². The van der Waals surface area contributed by atoms with Crippen LogP contribution in [0, 0.1) is 18.7 Å². The maximum Gasteiger partial charge on any atom is 0.227 e. The minimum absolute atomic E-state index is 0.156. The molecule has 0 aliphatic carbocycles. The highest BCUT2D eigenvalue weighted by atomic mass is 32.1. The number of aryl methyl sites for hydroxylation is 1. The van der Waals surface area contributed by atoms with Gasteiger partial charge in [-0.05, 0) is 37.8 Å². The van der Waals surface area contributed by atoms with Crippen molar-refractivity contribution >= 4 is 17.2 Å². The minimum Gasteiger partial charge on any atom is -0.342 e. The monoisotopic (exact) mass is 332 g/mol. The summed E-state index contributed by atoms with van der Waals surface area (Å²) >= 11 is 1.42. The molecule has 2 heterocycles. The normalized spacial score (nSPS) is 18.2. The van der Waals surface area contributed by atoms with Gasteiger partial charge in [-0.25, -0.2) is 9.37 Å². The molecular formula is C18H21FN2OS. The molecule has 2 aromatic rings. The molecule has 1 saturated heterocycles. The largest absolute Gasteiger partial charge is 0.342 e. The van der Waals surface area contributed by atoms with Crippen molar-refractivity contribution in [2.75, 3.05) is 13.1 Å². The lowest BCUT2D eigenvalue weighted by atomic mass is 10.00. The van der Waals surface area contributed by atoms with Crippen molar-refractivity contribution in [3.05, 3.63) is 40.7 Å². The maximum atomic E-state index is 13.9. The number of carbonyl (C=O) groups is 1. The van der Waals surface area contributed by atoms with Crippen LogP contribution in [0.15, 0.2) is 24.3 Å². The second-order valence-corrected chi connectivity index (χ2v) is 7.36. The van der Waals surface area contributed by atoms with Crippen LogP contribution in [0.4, 0.5) is 4.39 Å². The Morgan fingerprint density at radius 3 is 2.96 bits per heavy atom. The molecule has 0 bridgehead atoms. The molecule has 1 aliphatic rings. The van der Waals surface area contributed by atoms with Crippen molar-refractivity contribution in [2.24, 2.45) is 5.92 Å². The topological polar surface area (TPSA) is 33.2 Å². The molecule has 0 saturated carbocycles. The third kappa shape index (κ3) is 3.61. The molecule has 1 atom stereocenters.